The summed E-state index contributed by atoms with van der Waals surface area (Å²) >= 11 is 4.76. The van der Waals surface area contributed by atoms with Crippen LogP contribution < -0.4 is 11.2 Å². The SMILES string of the molecule is Cc1cc(=O)c(C(N)=S)nn1-c1cccc(F)c1. The minimum atomic E-state index is -0.385. The smallest absolute Gasteiger partial charge is 0.210 e. The number of hydrogen-bond donors (Lipinski definition) is 1. The van der Waals surface area contributed by atoms with Crippen molar-refractivity contribution in [3.8, 4) is 5.69 Å². The van der Waals surface area contributed by atoms with Crippen LogP contribution in [0.25, 0.3) is 5.69 Å². The van der Waals surface area contributed by atoms with Gasteiger partial charge in [0, 0.05) is 11.8 Å². The molecule has 0 spiro atoms. The van der Waals surface area contributed by atoms with E-state index in [1.54, 1.807) is 19.1 Å². The molecule has 0 fully saturated rings. The fourth-order valence-corrected chi connectivity index (χ4v) is 1.73. The zero-order valence-corrected chi connectivity index (χ0v) is 10.4. The molecule has 0 atom stereocenters. The monoisotopic (exact) mass is 263 g/mol. The van der Waals surface area contributed by atoms with Gasteiger partial charge in [0.2, 0.25) is 5.43 Å². The van der Waals surface area contributed by atoms with Crippen LogP contribution in [-0.2, 0) is 0 Å². The molecule has 2 N–H and O–H groups in total. The van der Waals surface area contributed by atoms with E-state index in [1.165, 1.54) is 22.9 Å². The molecular formula is C12H10FN3OS. The lowest BCUT2D eigenvalue weighted by Gasteiger charge is -2.10. The van der Waals surface area contributed by atoms with Gasteiger partial charge >= 0.3 is 0 Å². The van der Waals surface area contributed by atoms with Crippen molar-refractivity contribution in [3.05, 3.63) is 57.8 Å². The van der Waals surface area contributed by atoms with Crippen molar-refractivity contribution in [1.29, 1.82) is 0 Å². The number of nitrogens with zero attached hydrogens (tertiary/aromatic N) is 2. The Balaban J connectivity index is 2.68. The van der Waals surface area contributed by atoms with Crippen LogP contribution in [0.1, 0.15) is 11.4 Å². The van der Waals surface area contributed by atoms with Crippen LogP contribution in [0.2, 0.25) is 0 Å². The van der Waals surface area contributed by atoms with Crippen LogP contribution in [0.15, 0.2) is 35.1 Å². The lowest BCUT2D eigenvalue weighted by atomic mass is 10.2. The third-order valence-corrected chi connectivity index (χ3v) is 2.59. The van der Waals surface area contributed by atoms with Crippen molar-refractivity contribution in [2.45, 2.75) is 6.92 Å². The summed E-state index contributed by atoms with van der Waals surface area (Å²) < 4.78 is 14.6. The maximum Gasteiger partial charge on any atom is 0.210 e. The second-order valence-corrected chi connectivity index (χ2v) is 4.19. The average Bonchev–Trinajstić information content (AvgIpc) is 2.28. The quantitative estimate of drug-likeness (QED) is 0.830. The molecule has 0 saturated heterocycles. The number of aromatic nitrogens is 2. The fourth-order valence-electron chi connectivity index (χ4n) is 1.59. The maximum atomic E-state index is 13.2. The van der Waals surface area contributed by atoms with Crippen molar-refractivity contribution in [2.24, 2.45) is 5.73 Å². The first-order chi connectivity index (χ1) is 8.49. The summed E-state index contributed by atoms with van der Waals surface area (Å²) in [5.74, 6) is -0.385. The summed E-state index contributed by atoms with van der Waals surface area (Å²) in [6.45, 7) is 1.70. The molecule has 1 aromatic heterocycles. The summed E-state index contributed by atoms with van der Waals surface area (Å²) in [7, 11) is 0. The normalized spacial score (nSPS) is 10.3. The number of benzene rings is 1. The van der Waals surface area contributed by atoms with E-state index in [-0.39, 0.29) is 21.9 Å². The van der Waals surface area contributed by atoms with Gasteiger partial charge in [0.05, 0.1) is 5.69 Å². The van der Waals surface area contributed by atoms with Gasteiger partial charge in [0.25, 0.3) is 0 Å². The Bertz CT molecular complexity index is 681. The van der Waals surface area contributed by atoms with Gasteiger partial charge in [-0.1, -0.05) is 18.3 Å². The van der Waals surface area contributed by atoms with E-state index in [0.717, 1.165) is 0 Å². The molecule has 1 heterocycles. The number of nitrogens with two attached hydrogens (primary N) is 1. The largest absolute Gasteiger partial charge is 0.388 e. The van der Waals surface area contributed by atoms with Crippen molar-refractivity contribution >= 4 is 17.2 Å². The zero-order chi connectivity index (χ0) is 13.3. The van der Waals surface area contributed by atoms with Crippen LogP contribution in [0.3, 0.4) is 0 Å². The van der Waals surface area contributed by atoms with Gasteiger partial charge in [-0.25, -0.2) is 9.07 Å². The van der Waals surface area contributed by atoms with Crippen LogP contribution >= 0.6 is 12.2 Å². The number of rotatable bonds is 2. The Morgan fingerprint density at radius 1 is 1.44 bits per heavy atom. The van der Waals surface area contributed by atoms with E-state index in [0.29, 0.717) is 11.4 Å². The molecule has 0 saturated carbocycles. The highest BCUT2D eigenvalue weighted by Crippen LogP contribution is 2.10. The third-order valence-electron chi connectivity index (χ3n) is 2.39. The van der Waals surface area contributed by atoms with Gasteiger partial charge in [-0.2, -0.15) is 5.10 Å². The van der Waals surface area contributed by atoms with Crippen LogP contribution in [0.4, 0.5) is 4.39 Å². The van der Waals surface area contributed by atoms with Gasteiger partial charge in [-0.05, 0) is 25.1 Å². The predicted octanol–water partition coefficient (Wildman–Crippen LogP) is 1.31. The second kappa shape index (κ2) is 4.66. The Morgan fingerprint density at radius 3 is 2.78 bits per heavy atom. The first-order valence-electron chi connectivity index (χ1n) is 5.16. The van der Waals surface area contributed by atoms with Crippen molar-refractivity contribution in [1.82, 2.24) is 9.78 Å². The van der Waals surface area contributed by atoms with Crippen molar-refractivity contribution in [3.63, 3.8) is 0 Å². The molecule has 18 heavy (non-hydrogen) atoms. The zero-order valence-electron chi connectivity index (χ0n) is 9.55. The summed E-state index contributed by atoms with van der Waals surface area (Å²) in [4.78, 5) is 11.5. The summed E-state index contributed by atoms with van der Waals surface area (Å²) in [6, 6.07) is 7.25. The van der Waals surface area contributed by atoms with Gasteiger partial charge in [0.15, 0.2) is 5.69 Å². The minimum absolute atomic E-state index is 0.000128. The van der Waals surface area contributed by atoms with Gasteiger partial charge in [0.1, 0.15) is 10.8 Å². The highest BCUT2D eigenvalue weighted by Gasteiger charge is 2.09. The number of halogens is 1. The highest BCUT2D eigenvalue weighted by molar-refractivity contribution is 7.80. The molecule has 6 heteroatoms. The fraction of sp³-hybridized carbons (Fsp3) is 0.0833. The molecular weight excluding hydrogens is 253 g/mol. The lowest BCUT2D eigenvalue weighted by Crippen LogP contribution is -2.26. The Labute approximate surface area is 108 Å². The number of thiocarbonyl (C=S) groups is 1. The van der Waals surface area contributed by atoms with Gasteiger partial charge in [-0.3, -0.25) is 4.79 Å². The Hall–Kier alpha value is -2.08. The maximum absolute atomic E-state index is 13.2. The first kappa shape index (κ1) is 12.4. The van der Waals surface area contributed by atoms with E-state index < -0.39 is 0 Å². The molecule has 0 bridgehead atoms. The van der Waals surface area contributed by atoms with E-state index in [9.17, 15) is 9.18 Å². The molecule has 0 aliphatic rings. The van der Waals surface area contributed by atoms with Crippen molar-refractivity contribution < 1.29 is 4.39 Å². The Morgan fingerprint density at radius 2 is 2.17 bits per heavy atom. The van der Waals surface area contributed by atoms with Gasteiger partial charge < -0.3 is 5.73 Å². The van der Waals surface area contributed by atoms with Crippen LogP contribution in [0.5, 0.6) is 0 Å². The highest BCUT2D eigenvalue weighted by atomic mass is 32.1. The minimum Gasteiger partial charge on any atom is -0.388 e. The molecule has 0 aliphatic heterocycles. The predicted molar refractivity (Wildman–Crippen MR) is 70.4 cm³/mol. The van der Waals surface area contributed by atoms with Crippen LogP contribution in [0, 0.1) is 12.7 Å². The standard InChI is InChI=1S/C12H10FN3OS/c1-7-5-10(17)11(12(14)18)15-16(7)9-4-2-3-8(13)6-9/h2-6H,1H3,(H2,14,18). The van der Waals surface area contributed by atoms with E-state index in [4.69, 9.17) is 18.0 Å². The van der Waals surface area contributed by atoms with Crippen molar-refractivity contribution in [2.75, 3.05) is 0 Å². The average molecular weight is 263 g/mol. The topological polar surface area (TPSA) is 60.9 Å². The molecule has 0 aliphatic carbocycles. The number of aryl methyl sites for hydroxylation is 1. The molecule has 0 unspecified atom stereocenters. The van der Waals surface area contributed by atoms with Gasteiger partial charge in [-0.15, -0.1) is 0 Å². The molecule has 1 aromatic carbocycles. The number of hydrogen-bond acceptors (Lipinski definition) is 3. The van der Waals surface area contributed by atoms with Crippen LogP contribution in [-0.4, -0.2) is 14.8 Å². The summed E-state index contributed by atoms with van der Waals surface area (Å²) in [6.07, 6.45) is 0. The summed E-state index contributed by atoms with van der Waals surface area (Å²) in [5.41, 5.74) is 6.16. The Kier molecular flexibility index (Phi) is 3.20. The second-order valence-electron chi connectivity index (χ2n) is 3.75. The third kappa shape index (κ3) is 2.28. The molecule has 0 amide bonds. The molecule has 92 valence electrons. The summed E-state index contributed by atoms with van der Waals surface area (Å²) in [5, 5.41) is 4.05. The first-order valence-corrected chi connectivity index (χ1v) is 5.56. The van der Waals surface area contributed by atoms with E-state index in [1.807, 2.05) is 0 Å². The van der Waals surface area contributed by atoms with E-state index in [2.05, 4.69) is 5.10 Å². The molecule has 2 aromatic rings. The molecule has 4 nitrogen and oxygen atoms in total. The lowest BCUT2D eigenvalue weighted by molar-refractivity contribution is 0.624. The van der Waals surface area contributed by atoms with E-state index >= 15 is 0 Å². The molecule has 0 radical (unpaired) electrons. The molecule has 2 rings (SSSR count).